The molecular formula is C12H6F4N4O2. The summed E-state index contributed by atoms with van der Waals surface area (Å²) in [6, 6.07) is 2.08. The molecule has 3 aromatic rings. The highest BCUT2D eigenvalue weighted by Gasteiger charge is 2.31. The Hall–Kier alpha value is -2.78. The Bertz CT molecular complexity index is 900. The van der Waals surface area contributed by atoms with Crippen LogP contribution in [-0.4, -0.2) is 20.3 Å². The number of H-pyrrole nitrogens is 1. The smallest absolute Gasteiger partial charge is 0.299 e. The van der Waals surface area contributed by atoms with E-state index in [0.29, 0.717) is 6.07 Å². The van der Waals surface area contributed by atoms with Crippen LogP contribution in [0.2, 0.25) is 0 Å². The molecule has 0 fully saturated rings. The molecule has 0 spiro atoms. The third-order valence-corrected chi connectivity index (χ3v) is 2.94. The Labute approximate surface area is 118 Å². The number of rotatable bonds is 2. The molecule has 0 amide bonds. The molecular weight excluding hydrogens is 308 g/mol. The highest BCUT2D eigenvalue weighted by molar-refractivity contribution is 5.62. The van der Waals surface area contributed by atoms with E-state index in [1.165, 1.54) is 0 Å². The van der Waals surface area contributed by atoms with Crippen molar-refractivity contribution in [1.29, 1.82) is 0 Å². The van der Waals surface area contributed by atoms with Gasteiger partial charge in [-0.1, -0.05) is 6.07 Å². The number of benzene rings is 1. The monoisotopic (exact) mass is 314 g/mol. The van der Waals surface area contributed by atoms with E-state index < -0.39 is 23.1 Å². The fourth-order valence-electron chi connectivity index (χ4n) is 1.86. The highest BCUT2D eigenvalue weighted by atomic mass is 19.4. The van der Waals surface area contributed by atoms with Gasteiger partial charge in [-0.3, -0.25) is 9.78 Å². The number of fused-ring (bicyclic) bond motifs is 1. The number of alkyl halides is 3. The maximum Gasteiger partial charge on any atom is 0.416 e. The first-order valence-corrected chi connectivity index (χ1v) is 5.91. The van der Waals surface area contributed by atoms with Crippen LogP contribution in [0.1, 0.15) is 16.8 Å². The molecule has 10 heteroatoms. The van der Waals surface area contributed by atoms with Gasteiger partial charge in [0.15, 0.2) is 0 Å². The Morgan fingerprint density at radius 2 is 2.00 bits per heavy atom. The molecule has 1 N–H and O–H groups in total. The van der Waals surface area contributed by atoms with E-state index in [1.807, 2.05) is 0 Å². The van der Waals surface area contributed by atoms with Crippen molar-refractivity contribution < 1.29 is 22.2 Å². The average molecular weight is 314 g/mol. The van der Waals surface area contributed by atoms with Gasteiger partial charge in [-0.05, 0) is 28.0 Å². The SMILES string of the molecule is O=c1[nH]c2nonc2nc1Cc1ccc(C(F)(F)F)cc1F. The molecule has 0 atom stereocenters. The Balaban J connectivity index is 1.98. The zero-order valence-corrected chi connectivity index (χ0v) is 10.6. The summed E-state index contributed by atoms with van der Waals surface area (Å²) in [4.78, 5) is 17.9. The summed E-state index contributed by atoms with van der Waals surface area (Å²) in [7, 11) is 0. The van der Waals surface area contributed by atoms with Crippen LogP contribution in [0.15, 0.2) is 27.6 Å². The fourth-order valence-corrected chi connectivity index (χ4v) is 1.86. The lowest BCUT2D eigenvalue weighted by Crippen LogP contribution is -2.16. The lowest BCUT2D eigenvalue weighted by molar-refractivity contribution is -0.137. The van der Waals surface area contributed by atoms with Gasteiger partial charge in [0.05, 0.1) is 5.56 Å². The van der Waals surface area contributed by atoms with Gasteiger partial charge in [-0.25, -0.2) is 14.0 Å². The van der Waals surface area contributed by atoms with E-state index in [0.717, 1.165) is 12.1 Å². The predicted octanol–water partition coefficient (Wildman–Crippen LogP) is 2.05. The van der Waals surface area contributed by atoms with Gasteiger partial charge in [0, 0.05) is 6.42 Å². The number of aromatic nitrogens is 4. The maximum atomic E-state index is 13.8. The fraction of sp³-hybridized carbons (Fsp3) is 0.167. The lowest BCUT2D eigenvalue weighted by atomic mass is 10.1. The molecule has 0 bridgehead atoms. The second-order valence-electron chi connectivity index (χ2n) is 4.43. The van der Waals surface area contributed by atoms with E-state index in [-0.39, 0.29) is 29.0 Å². The van der Waals surface area contributed by atoms with Gasteiger partial charge in [0.2, 0.25) is 11.3 Å². The summed E-state index contributed by atoms with van der Waals surface area (Å²) in [5.74, 6) is -1.07. The van der Waals surface area contributed by atoms with Gasteiger partial charge in [-0.15, -0.1) is 0 Å². The summed E-state index contributed by atoms with van der Waals surface area (Å²) in [5.41, 5.74) is -1.92. The summed E-state index contributed by atoms with van der Waals surface area (Å²) in [6.07, 6.45) is -4.93. The molecule has 0 radical (unpaired) electrons. The molecule has 6 nitrogen and oxygen atoms in total. The average Bonchev–Trinajstić information content (AvgIpc) is 2.87. The first kappa shape index (κ1) is 14.2. The first-order valence-electron chi connectivity index (χ1n) is 5.91. The van der Waals surface area contributed by atoms with Gasteiger partial charge in [0.1, 0.15) is 11.5 Å². The van der Waals surface area contributed by atoms with Crippen LogP contribution in [0.4, 0.5) is 17.6 Å². The normalized spacial score (nSPS) is 12.0. The molecule has 0 aliphatic rings. The highest BCUT2D eigenvalue weighted by Crippen LogP contribution is 2.30. The number of nitrogens with one attached hydrogen (secondary N) is 1. The molecule has 0 saturated carbocycles. The second-order valence-corrected chi connectivity index (χ2v) is 4.43. The minimum absolute atomic E-state index is 0.0157. The van der Waals surface area contributed by atoms with Gasteiger partial charge >= 0.3 is 6.18 Å². The zero-order chi connectivity index (χ0) is 15.9. The largest absolute Gasteiger partial charge is 0.416 e. The van der Waals surface area contributed by atoms with Crippen molar-refractivity contribution in [3.63, 3.8) is 0 Å². The molecule has 3 rings (SSSR count). The summed E-state index contributed by atoms with van der Waals surface area (Å²) in [5, 5.41) is 6.80. The standard InChI is InChI=1S/C12H6F4N4O2/c13-7-4-6(12(14,15)16)2-1-5(7)3-8-11(21)18-10-9(17-8)19-22-20-10/h1-2,4H,3H2,(H,18,20,21). The number of hydrogen-bond acceptors (Lipinski definition) is 5. The van der Waals surface area contributed by atoms with Crippen molar-refractivity contribution in [3.8, 4) is 0 Å². The van der Waals surface area contributed by atoms with Crippen molar-refractivity contribution in [1.82, 2.24) is 20.3 Å². The van der Waals surface area contributed by atoms with Crippen LogP contribution in [0.3, 0.4) is 0 Å². The van der Waals surface area contributed by atoms with Crippen LogP contribution >= 0.6 is 0 Å². The van der Waals surface area contributed by atoms with Gasteiger partial charge in [0.25, 0.3) is 5.56 Å². The first-order chi connectivity index (χ1) is 10.3. The van der Waals surface area contributed by atoms with Crippen LogP contribution in [0.5, 0.6) is 0 Å². The molecule has 2 heterocycles. The molecule has 114 valence electrons. The van der Waals surface area contributed by atoms with E-state index >= 15 is 0 Å². The summed E-state index contributed by atoms with van der Waals surface area (Å²) in [6.45, 7) is 0. The number of hydrogen-bond donors (Lipinski definition) is 1. The maximum absolute atomic E-state index is 13.8. The predicted molar refractivity (Wildman–Crippen MR) is 64.4 cm³/mol. The summed E-state index contributed by atoms with van der Waals surface area (Å²) >= 11 is 0. The molecule has 1 aromatic carbocycles. The van der Waals surface area contributed by atoms with Crippen LogP contribution in [0, 0.1) is 5.82 Å². The van der Waals surface area contributed by atoms with Crippen molar-refractivity contribution >= 4 is 11.3 Å². The summed E-state index contributed by atoms with van der Waals surface area (Å²) < 4.78 is 55.5. The topological polar surface area (TPSA) is 84.7 Å². The zero-order valence-electron chi connectivity index (χ0n) is 10.6. The van der Waals surface area contributed by atoms with E-state index in [9.17, 15) is 22.4 Å². The van der Waals surface area contributed by atoms with Crippen LogP contribution < -0.4 is 5.56 Å². The van der Waals surface area contributed by atoms with E-state index in [2.05, 4.69) is 24.9 Å². The Morgan fingerprint density at radius 1 is 1.23 bits per heavy atom. The van der Waals surface area contributed by atoms with E-state index in [1.54, 1.807) is 0 Å². The molecule has 0 aliphatic carbocycles. The van der Waals surface area contributed by atoms with Gasteiger partial charge < -0.3 is 0 Å². The van der Waals surface area contributed by atoms with Crippen molar-refractivity contribution in [3.05, 3.63) is 51.2 Å². The van der Waals surface area contributed by atoms with Crippen molar-refractivity contribution in [2.45, 2.75) is 12.6 Å². The molecule has 22 heavy (non-hydrogen) atoms. The van der Waals surface area contributed by atoms with E-state index in [4.69, 9.17) is 0 Å². The van der Waals surface area contributed by atoms with Crippen LogP contribution in [-0.2, 0) is 12.6 Å². The Kier molecular flexibility index (Phi) is 3.15. The van der Waals surface area contributed by atoms with Gasteiger partial charge in [-0.2, -0.15) is 13.2 Å². The Morgan fingerprint density at radius 3 is 2.68 bits per heavy atom. The molecule has 0 unspecified atom stereocenters. The number of halogens is 4. The quantitative estimate of drug-likeness (QED) is 0.732. The molecule has 2 aromatic heterocycles. The van der Waals surface area contributed by atoms with Crippen LogP contribution in [0.25, 0.3) is 11.3 Å². The molecule has 0 saturated heterocycles. The molecule has 0 aliphatic heterocycles. The number of aromatic amines is 1. The minimum Gasteiger partial charge on any atom is -0.299 e. The lowest BCUT2D eigenvalue weighted by Gasteiger charge is -2.08. The second kappa shape index (κ2) is 4.90. The van der Waals surface area contributed by atoms with Crippen molar-refractivity contribution in [2.75, 3.05) is 0 Å². The van der Waals surface area contributed by atoms with Crippen molar-refractivity contribution in [2.24, 2.45) is 0 Å². The number of nitrogens with zero attached hydrogens (tertiary/aromatic N) is 3. The third-order valence-electron chi connectivity index (χ3n) is 2.94. The minimum atomic E-state index is -4.64. The third kappa shape index (κ3) is 2.54.